The number of hydrogen-bond donors (Lipinski definition) is 0. The van der Waals surface area contributed by atoms with Gasteiger partial charge in [0.25, 0.3) is 5.95 Å². The van der Waals surface area contributed by atoms with Crippen molar-refractivity contribution in [2.75, 3.05) is 6.26 Å². The Bertz CT molecular complexity index is 550. The van der Waals surface area contributed by atoms with Gasteiger partial charge in [-0.05, 0) is 25.7 Å². The standard InChI is InChI=1S/C19H34O5S/c1-4-6-8-10-12-14-17(13-11-9-7-5-2)22-18-15-16-19(23-18)24-25(3,20)21/h15-17H,4-14H2,1-3H3. The molecule has 0 N–H and O–H groups in total. The van der Waals surface area contributed by atoms with Gasteiger partial charge in [0.05, 0.1) is 6.26 Å². The molecular formula is C19H34O5S. The molecule has 0 bridgehead atoms. The summed E-state index contributed by atoms with van der Waals surface area (Å²) in [5, 5.41) is 0. The number of unbranched alkanes of at least 4 members (excludes halogenated alkanes) is 7. The van der Waals surface area contributed by atoms with Gasteiger partial charge in [0.2, 0.25) is 0 Å². The Balaban J connectivity index is 2.49. The van der Waals surface area contributed by atoms with Crippen LogP contribution in [0.3, 0.4) is 0 Å². The molecule has 0 aliphatic rings. The largest absolute Gasteiger partial charge is 0.462 e. The highest BCUT2D eigenvalue weighted by molar-refractivity contribution is 7.86. The van der Waals surface area contributed by atoms with Crippen LogP contribution in [0.4, 0.5) is 0 Å². The summed E-state index contributed by atoms with van der Waals surface area (Å²) < 4.78 is 38.3. The first-order valence-electron chi connectivity index (χ1n) is 9.60. The molecule has 0 aliphatic heterocycles. The van der Waals surface area contributed by atoms with E-state index in [1.54, 1.807) is 6.07 Å². The van der Waals surface area contributed by atoms with Crippen LogP contribution >= 0.6 is 0 Å². The normalized spacial score (nSPS) is 12.9. The van der Waals surface area contributed by atoms with Gasteiger partial charge in [-0.15, -0.1) is 0 Å². The molecule has 25 heavy (non-hydrogen) atoms. The van der Waals surface area contributed by atoms with Crippen molar-refractivity contribution < 1.29 is 21.8 Å². The quantitative estimate of drug-likeness (QED) is 0.291. The first-order chi connectivity index (χ1) is 11.9. The van der Waals surface area contributed by atoms with Crippen molar-refractivity contribution in [2.24, 2.45) is 0 Å². The van der Waals surface area contributed by atoms with Gasteiger partial charge in [-0.2, -0.15) is 8.42 Å². The third-order valence-electron chi connectivity index (χ3n) is 4.08. The van der Waals surface area contributed by atoms with E-state index in [0.29, 0.717) is 5.95 Å². The van der Waals surface area contributed by atoms with Crippen molar-refractivity contribution in [2.45, 2.75) is 90.6 Å². The Morgan fingerprint density at radius 2 is 1.40 bits per heavy atom. The van der Waals surface area contributed by atoms with Crippen LogP contribution in [0.2, 0.25) is 0 Å². The fourth-order valence-corrected chi connectivity index (χ4v) is 3.15. The average Bonchev–Trinajstić information content (AvgIpc) is 2.96. The molecule has 1 aromatic rings. The molecule has 1 heterocycles. The van der Waals surface area contributed by atoms with Crippen molar-refractivity contribution in [1.82, 2.24) is 0 Å². The molecule has 5 nitrogen and oxygen atoms in total. The van der Waals surface area contributed by atoms with E-state index >= 15 is 0 Å². The molecule has 0 aromatic carbocycles. The topological polar surface area (TPSA) is 65.7 Å². The number of rotatable bonds is 15. The highest BCUT2D eigenvalue weighted by atomic mass is 32.2. The van der Waals surface area contributed by atoms with Crippen LogP contribution < -0.4 is 8.92 Å². The van der Waals surface area contributed by atoms with Gasteiger partial charge in [-0.25, -0.2) is 0 Å². The molecule has 0 saturated carbocycles. The SMILES string of the molecule is CCCCCCCC(CCCCCC)Oc1ccc(OS(C)(=O)=O)o1. The third kappa shape index (κ3) is 11.1. The molecule has 0 saturated heterocycles. The lowest BCUT2D eigenvalue weighted by atomic mass is 10.0. The Morgan fingerprint density at radius 3 is 1.96 bits per heavy atom. The van der Waals surface area contributed by atoms with E-state index in [9.17, 15) is 8.42 Å². The summed E-state index contributed by atoms with van der Waals surface area (Å²) >= 11 is 0. The molecule has 1 unspecified atom stereocenters. The Hall–Kier alpha value is -1.17. The zero-order valence-electron chi connectivity index (χ0n) is 16.0. The van der Waals surface area contributed by atoms with Gasteiger partial charge in [-0.3, -0.25) is 0 Å². The van der Waals surface area contributed by atoms with E-state index < -0.39 is 10.1 Å². The van der Waals surface area contributed by atoms with Crippen LogP contribution in [-0.4, -0.2) is 20.8 Å². The van der Waals surface area contributed by atoms with Crippen molar-refractivity contribution >= 4 is 10.1 Å². The van der Waals surface area contributed by atoms with Crippen molar-refractivity contribution in [3.8, 4) is 11.9 Å². The summed E-state index contributed by atoms with van der Waals surface area (Å²) in [6.07, 6.45) is 14.1. The first kappa shape index (κ1) is 21.9. The third-order valence-corrected chi connectivity index (χ3v) is 4.55. The molecule has 0 fully saturated rings. The monoisotopic (exact) mass is 374 g/mol. The predicted molar refractivity (Wildman–Crippen MR) is 101 cm³/mol. The van der Waals surface area contributed by atoms with Gasteiger partial charge in [0.15, 0.2) is 0 Å². The van der Waals surface area contributed by atoms with Gasteiger partial charge in [0, 0.05) is 12.1 Å². The number of hydrogen-bond acceptors (Lipinski definition) is 5. The summed E-state index contributed by atoms with van der Waals surface area (Å²) in [7, 11) is -3.59. The van der Waals surface area contributed by atoms with Crippen molar-refractivity contribution in [3.05, 3.63) is 12.1 Å². The van der Waals surface area contributed by atoms with Crippen molar-refractivity contribution in [1.29, 1.82) is 0 Å². The maximum Gasteiger partial charge on any atom is 0.308 e. The fourth-order valence-electron chi connectivity index (χ4n) is 2.76. The molecule has 1 rings (SSSR count). The molecule has 6 heteroatoms. The van der Waals surface area contributed by atoms with Gasteiger partial charge in [-0.1, -0.05) is 58.8 Å². The Kier molecular flexibility index (Phi) is 10.7. The number of furan rings is 1. The zero-order chi connectivity index (χ0) is 18.5. The van der Waals surface area contributed by atoms with E-state index in [4.69, 9.17) is 13.3 Å². The average molecular weight is 375 g/mol. The lowest BCUT2D eigenvalue weighted by molar-refractivity contribution is 0.129. The van der Waals surface area contributed by atoms with Gasteiger partial charge < -0.3 is 13.3 Å². The first-order valence-corrected chi connectivity index (χ1v) is 11.4. The fraction of sp³-hybridized carbons (Fsp3) is 0.789. The second-order valence-electron chi connectivity index (χ2n) is 6.65. The molecule has 1 atom stereocenters. The van der Waals surface area contributed by atoms with E-state index in [2.05, 4.69) is 13.8 Å². The predicted octanol–water partition coefficient (Wildman–Crippen LogP) is 5.70. The summed E-state index contributed by atoms with van der Waals surface area (Å²) in [6, 6.07) is 3.10. The van der Waals surface area contributed by atoms with Crippen LogP contribution in [0, 0.1) is 0 Å². The van der Waals surface area contributed by atoms with E-state index in [0.717, 1.165) is 31.9 Å². The number of ether oxygens (including phenoxy) is 1. The van der Waals surface area contributed by atoms with Crippen LogP contribution in [0.15, 0.2) is 16.5 Å². The highest BCUT2D eigenvalue weighted by Gasteiger charge is 2.15. The summed E-state index contributed by atoms with van der Waals surface area (Å²) in [5.41, 5.74) is 0. The minimum absolute atomic E-state index is 0.0508. The molecule has 0 radical (unpaired) electrons. The second kappa shape index (κ2) is 12.2. The lowest BCUT2D eigenvalue weighted by Gasteiger charge is -2.17. The summed E-state index contributed by atoms with van der Waals surface area (Å²) in [4.78, 5) is 0. The maximum atomic E-state index is 11.1. The van der Waals surface area contributed by atoms with E-state index in [-0.39, 0.29) is 12.1 Å². The Labute approximate surface area is 153 Å². The summed E-state index contributed by atoms with van der Waals surface area (Å²) in [5.74, 6) is 0.276. The minimum atomic E-state index is -3.59. The molecular weight excluding hydrogens is 340 g/mol. The van der Waals surface area contributed by atoms with Crippen LogP contribution in [0.5, 0.6) is 11.9 Å². The maximum absolute atomic E-state index is 11.1. The van der Waals surface area contributed by atoms with Crippen molar-refractivity contribution in [3.63, 3.8) is 0 Å². The van der Waals surface area contributed by atoms with Crippen LogP contribution in [-0.2, 0) is 10.1 Å². The lowest BCUT2D eigenvalue weighted by Crippen LogP contribution is -2.16. The smallest absolute Gasteiger partial charge is 0.308 e. The van der Waals surface area contributed by atoms with Gasteiger partial charge in [0.1, 0.15) is 6.10 Å². The summed E-state index contributed by atoms with van der Waals surface area (Å²) in [6.45, 7) is 4.42. The second-order valence-corrected chi connectivity index (χ2v) is 8.23. The van der Waals surface area contributed by atoms with E-state index in [1.165, 1.54) is 51.0 Å². The van der Waals surface area contributed by atoms with E-state index in [1.807, 2.05) is 0 Å². The van der Waals surface area contributed by atoms with Gasteiger partial charge >= 0.3 is 16.1 Å². The molecule has 0 amide bonds. The highest BCUT2D eigenvalue weighted by Crippen LogP contribution is 2.26. The molecule has 146 valence electrons. The Morgan fingerprint density at radius 1 is 0.880 bits per heavy atom. The van der Waals surface area contributed by atoms with Crippen LogP contribution in [0.25, 0.3) is 0 Å². The minimum Gasteiger partial charge on any atom is -0.462 e. The molecule has 1 aromatic heterocycles. The van der Waals surface area contributed by atoms with Crippen LogP contribution in [0.1, 0.15) is 84.5 Å². The molecule has 0 aliphatic carbocycles. The molecule has 0 spiro atoms. The zero-order valence-corrected chi connectivity index (χ0v) is 16.8.